The van der Waals surface area contributed by atoms with Gasteiger partial charge in [-0.25, -0.2) is 4.39 Å². The highest BCUT2D eigenvalue weighted by Crippen LogP contribution is 2.24. The first-order chi connectivity index (χ1) is 9.28. The quantitative estimate of drug-likeness (QED) is 0.727. The molecular formula is C14H20FN3O2. The van der Waals surface area contributed by atoms with Crippen molar-refractivity contribution in [2.45, 2.75) is 31.9 Å². The van der Waals surface area contributed by atoms with E-state index in [0.29, 0.717) is 25.2 Å². The number of nitrogens with one attached hydrogen (secondary N) is 1. The molecule has 0 radical (unpaired) electrons. The molecule has 0 bridgehead atoms. The lowest BCUT2D eigenvalue weighted by molar-refractivity contribution is -0.120. The maximum absolute atomic E-state index is 12.9. The van der Waals surface area contributed by atoms with E-state index < -0.39 is 11.4 Å². The standard InChI is InChI=1S/C14H20FN3O2/c1-9(18-6-5-14(2,20)8-18)13(19)17-12-4-3-10(15)7-11(12)16/h3-4,7,9,20H,5-6,8,16H2,1-2H3,(H,17,19). The zero-order valence-electron chi connectivity index (χ0n) is 11.7. The number of likely N-dealkylation sites (tertiary alicyclic amines) is 1. The predicted octanol–water partition coefficient (Wildman–Crippen LogP) is 1.19. The first-order valence-electron chi connectivity index (χ1n) is 6.61. The van der Waals surface area contributed by atoms with Crippen LogP contribution in [0.5, 0.6) is 0 Å². The fourth-order valence-electron chi connectivity index (χ4n) is 2.36. The van der Waals surface area contributed by atoms with Gasteiger partial charge in [-0.3, -0.25) is 9.69 Å². The van der Waals surface area contributed by atoms with Gasteiger partial charge in [-0.2, -0.15) is 0 Å². The van der Waals surface area contributed by atoms with Gasteiger partial charge in [0.15, 0.2) is 0 Å². The van der Waals surface area contributed by atoms with Crippen molar-refractivity contribution in [3.05, 3.63) is 24.0 Å². The highest BCUT2D eigenvalue weighted by Gasteiger charge is 2.35. The van der Waals surface area contributed by atoms with Crippen molar-refractivity contribution < 1.29 is 14.3 Å². The Morgan fingerprint density at radius 1 is 1.60 bits per heavy atom. The van der Waals surface area contributed by atoms with Crippen LogP contribution in [0.4, 0.5) is 15.8 Å². The Balaban J connectivity index is 2.01. The fourth-order valence-corrected chi connectivity index (χ4v) is 2.36. The number of aliphatic hydroxyl groups is 1. The molecule has 1 fully saturated rings. The third kappa shape index (κ3) is 3.26. The van der Waals surface area contributed by atoms with Crippen molar-refractivity contribution in [2.75, 3.05) is 24.1 Å². The van der Waals surface area contributed by atoms with Crippen molar-refractivity contribution in [1.29, 1.82) is 0 Å². The number of hydrogen-bond acceptors (Lipinski definition) is 4. The summed E-state index contributed by atoms with van der Waals surface area (Å²) in [5.74, 6) is -0.662. The fraction of sp³-hybridized carbons (Fsp3) is 0.500. The molecule has 6 heteroatoms. The lowest BCUT2D eigenvalue weighted by Gasteiger charge is -2.24. The largest absolute Gasteiger partial charge is 0.397 e. The number of β-amino-alcohol motifs (C(OH)–C–C–N with tert-alkyl or cyclic N) is 1. The number of rotatable bonds is 3. The van der Waals surface area contributed by atoms with Gasteiger partial charge in [0.1, 0.15) is 5.82 Å². The lowest BCUT2D eigenvalue weighted by atomic mass is 10.1. The number of nitrogens with two attached hydrogens (primary N) is 1. The van der Waals surface area contributed by atoms with Crippen molar-refractivity contribution in [3.63, 3.8) is 0 Å². The van der Waals surface area contributed by atoms with Crippen molar-refractivity contribution >= 4 is 17.3 Å². The molecule has 4 N–H and O–H groups in total. The molecule has 0 aliphatic carbocycles. The molecule has 1 aliphatic rings. The van der Waals surface area contributed by atoms with Crippen LogP contribution in [0.1, 0.15) is 20.3 Å². The van der Waals surface area contributed by atoms with E-state index in [0.717, 1.165) is 0 Å². The Labute approximate surface area is 117 Å². The summed E-state index contributed by atoms with van der Waals surface area (Å²) in [6, 6.07) is 3.47. The maximum atomic E-state index is 12.9. The highest BCUT2D eigenvalue weighted by atomic mass is 19.1. The van der Waals surface area contributed by atoms with E-state index in [9.17, 15) is 14.3 Å². The summed E-state index contributed by atoms with van der Waals surface area (Å²) in [7, 11) is 0. The van der Waals surface area contributed by atoms with Crippen LogP contribution in [0, 0.1) is 5.82 Å². The summed E-state index contributed by atoms with van der Waals surface area (Å²) >= 11 is 0. The normalized spacial score (nSPS) is 24.6. The Morgan fingerprint density at radius 2 is 2.30 bits per heavy atom. The minimum Gasteiger partial charge on any atom is -0.397 e. The van der Waals surface area contributed by atoms with Crippen molar-refractivity contribution in [1.82, 2.24) is 4.90 Å². The van der Waals surface area contributed by atoms with Gasteiger partial charge in [-0.1, -0.05) is 0 Å². The van der Waals surface area contributed by atoms with E-state index in [2.05, 4.69) is 5.32 Å². The van der Waals surface area contributed by atoms with Gasteiger partial charge < -0.3 is 16.2 Å². The second-order valence-electron chi connectivity index (χ2n) is 5.61. The van der Waals surface area contributed by atoms with Crippen LogP contribution >= 0.6 is 0 Å². The summed E-state index contributed by atoms with van der Waals surface area (Å²) in [5.41, 5.74) is 5.50. The molecule has 2 unspecified atom stereocenters. The second kappa shape index (κ2) is 5.38. The van der Waals surface area contributed by atoms with E-state index in [-0.39, 0.29) is 17.6 Å². The molecule has 2 atom stereocenters. The van der Waals surface area contributed by atoms with Crippen LogP contribution in [0.2, 0.25) is 0 Å². The van der Waals surface area contributed by atoms with Gasteiger partial charge >= 0.3 is 0 Å². The summed E-state index contributed by atoms with van der Waals surface area (Å²) < 4.78 is 12.9. The number of halogens is 1. The Hall–Kier alpha value is -1.66. The van der Waals surface area contributed by atoms with Gasteiger partial charge in [0.25, 0.3) is 0 Å². The first-order valence-corrected chi connectivity index (χ1v) is 6.61. The summed E-state index contributed by atoms with van der Waals surface area (Å²) in [5, 5.41) is 12.6. The minimum absolute atomic E-state index is 0.193. The molecule has 1 saturated heterocycles. The molecule has 2 rings (SSSR count). The molecule has 0 aromatic heterocycles. The molecular weight excluding hydrogens is 261 g/mol. The number of nitrogen functional groups attached to an aromatic ring is 1. The third-order valence-corrected chi connectivity index (χ3v) is 3.68. The molecule has 1 aromatic carbocycles. The maximum Gasteiger partial charge on any atom is 0.241 e. The predicted molar refractivity (Wildman–Crippen MR) is 75.7 cm³/mol. The zero-order chi connectivity index (χ0) is 14.9. The summed E-state index contributed by atoms with van der Waals surface area (Å²) in [4.78, 5) is 14.1. The summed E-state index contributed by atoms with van der Waals surface area (Å²) in [6.07, 6.45) is 0.642. The molecule has 0 saturated carbocycles. The number of carbonyl (C=O) groups is 1. The van der Waals surface area contributed by atoms with Crippen LogP contribution < -0.4 is 11.1 Å². The average molecular weight is 281 g/mol. The van der Waals surface area contributed by atoms with E-state index in [1.807, 2.05) is 4.90 Å². The van der Waals surface area contributed by atoms with Crippen LogP contribution in [-0.2, 0) is 4.79 Å². The molecule has 0 spiro atoms. The molecule has 110 valence electrons. The minimum atomic E-state index is -0.747. The molecule has 20 heavy (non-hydrogen) atoms. The average Bonchev–Trinajstić information content (AvgIpc) is 2.72. The molecule has 5 nitrogen and oxygen atoms in total. The molecule has 1 heterocycles. The monoisotopic (exact) mass is 281 g/mol. The van der Waals surface area contributed by atoms with Gasteiger partial charge in [0, 0.05) is 13.1 Å². The zero-order valence-corrected chi connectivity index (χ0v) is 11.7. The molecule has 1 amide bonds. The third-order valence-electron chi connectivity index (χ3n) is 3.68. The van der Waals surface area contributed by atoms with Crippen LogP contribution in [-0.4, -0.2) is 40.6 Å². The van der Waals surface area contributed by atoms with Gasteiger partial charge in [-0.15, -0.1) is 0 Å². The Kier molecular flexibility index (Phi) is 3.96. The van der Waals surface area contributed by atoms with Gasteiger partial charge in [0.05, 0.1) is 23.0 Å². The molecule has 1 aliphatic heterocycles. The van der Waals surface area contributed by atoms with Crippen LogP contribution in [0.25, 0.3) is 0 Å². The highest BCUT2D eigenvalue weighted by molar-refractivity contribution is 5.97. The van der Waals surface area contributed by atoms with Gasteiger partial charge in [0.2, 0.25) is 5.91 Å². The van der Waals surface area contributed by atoms with E-state index >= 15 is 0 Å². The number of benzene rings is 1. The SMILES string of the molecule is CC(C(=O)Nc1ccc(F)cc1N)N1CCC(C)(O)C1. The Morgan fingerprint density at radius 3 is 2.85 bits per heavy atom. The van der Waals surface area contributed by atoms with E-state index in [4.69, 9.17) is 5.73 Å². The van der Waals surface area contributed by atoms with Crippen LogP contribution in [0.3, 0.4) is 0 Å². The van der Waals surface area contributed by atoms with Crippen LogP contribution in [0.15, 0.2) is 18.2 Å². The smallest absolute Gasteiger partial charge is 0.241 e. The van der Waals surface area contributed by atoms with E-state index in [1.165, 1.54) is 18.2 Å². The number of hydrogen-bond donors (Lipinski definition) is 3. The lowest BCUT2D eigenvalue weighted by Crippen LogP contribution is -2.42. The van der Waals surface area contributed by atoms with E-state index in [1.54, 1.807) is 13.8 Å². The molecule has 1 aromatic rings. The van der Waals surface area contributed by atoms with Crippen molar-refractivity contribution in [2.24, 2.45) is 0 Å². The number of nitrogens with zero attached hydrogens (tertiary/aromatic N) is 1. The summed E-state index contributed by atoms with van der Waals surface area (Å²) in [6.45, 7) is 4.66. The Bertz CT molecular complexity index is 519. The number of carbonyl (C=O) groups excluding carboxylic acids is 1. The number of anilines is 2. The second-order valence-corrected chi connectivity index (χ2v) is 5.61. The number of amides is 1. The first kappa shape index (κ1) is 14.7. The van der Waals surface area contributed by atoms with Gasteiger partial charge in [-0.05, 0) is 38.5 Å². The topological polar surface area (TPSA) is 78.6 Å². The van der Waals surface area contributed by atoms with Crippen molar-refractivity contribution in [3.8, 4) is 0 Å².